The lowest BCUT2D eigenvalue weighted by atomic mass is 10.2. The van der Waals surface area contributed by atoms with Crippen LogP contribution in [0.2, 0.25) is 0 Å². The van der Waals surface area contributed by atoms with E-state index in [4.69, 9.17) is 0 Å². The second-order valence-electron chi connectivity index (χ2n) is 3.93. The van der Waals surface area contributed by atoms with Gasteiger partial charge in [-0.1, -0.05) is 6.07 Å². The summed E-state index contributed by atoms with van der Waals surface area (Å²) in [5.74, 6) is 0.670. The van der Waals surface area contributed by atoms with Crippen LogP contribution in [0.4, 0.5) is 5.82 Å². The predicted octanol–water partition coefficient (Wildman–Crippen LogP) is 1.50. The molecule has 5 heteroatoms. The lowest BCUT2D eigenvalue weighted by Crippen LogP contribution is -2.15. The summed E-state index contributed by atoms with van der Waals surface area (Å²) in [5, 5.41) is 3.07. The Balaban J connectivity index is 2.14. The molecule has 0 saturated carbocycles. The van der Waals surface area contributed by atoms with Crippen LogP contribution < -0.4 is 10.9 Å². The van der Waals surface area contributed by atoms with Crippen molar-refractivity contribution in [1.82, 2.24) is 9.97 Å². The van der Waals surface area contributed by atoms with Crippen molar-refractivity contribution < 1.29 is 4.79 Å². The summed E-state index contributed by atoms with van der Waals surface area (Å²) in [6.07, 6.45) is 3.84. The van der Waals surface area contributed by atoms with Crippen molar-refractivity contribution in [3.05, 3.63) is 57.6 Å². The number of nitrogens with zero attached hydrogens (tertiary/aromatic N) is 1. The summed E-state index contributed by atoms with van der Waals surface area (Å²) < 4.78 is 0. The van der Waals surface area contributed by atoms with Gasteiger partial charge in [0.05, 0.1) is 0 Å². The quantitative estimate of drug-likeness (QED) is 0.798. The van der Waals surface area contributed by atoms with Gasteiger partial charge in [0, 0.05) is 30.1 Å². The first-order valence-electron chi connectivity index (χ1n) is 5.53. The normalized spacial score (nSPS) is 10.1. The monoisotopic (exact) mass is 243 g/mol. The predicted molar refractivity (Wildman–Crippen MR) is 68.8 cm³/mol. The molecular formula is C13H13N3O2. The third kappa shape index (κ3) is 2.63. The Morgan fingerprint density at radius 2 is 2.33 bits per heavy atom. The Bertz CT molecular complexity index is 620. The van der Waals surface area contributed by atoms with E-state index in [1.54, 1.807) is 24.4 Å². The van der Waals surface area contributed by atoms with Crippen molar-refractivity contribution in [2.75, 3.05) is 5.32 Å². The molecule has 2 rings (SSSR count). The van der Waals surface area contributed by atoms with Gasteiger partial charge >= 0.3 is 0 Å². The van der Waals surface area contributed by atoms with Crippen molar-refractivity contribution in [1.29, 1.82) is 0 Å². The van der Waals surface area contributed by atoms with Crippen LogP contribution in [-0.2, 0) is 6.54 Å². The number of aldehydes is 1. The minimum Gasteiger partial charge on any atom is -0.366 e. The number of H-pyrrole nitrogens is 1. The maximum atomic E-state index is 11.5. The number of carbonyl (C=O) groups excluding carboxylic acids is 1. The maximum absolute atomic E-state index is 11.5. The molecule has 0 saturated heterocycles. The SMILES string of the molecule is Cc1cc(C=O)cnc1NCc1ccc[nH]c1=O. The summed E-state index contributed by atoms with van der Waals surface area (Å²) in [6, 6.07) is 5.27. The molecule has 2 aromatic heterocycles. The van der Waals surface area contributed by atoms with E-state index in [-0.39, 0.29) is 5.56 Å². The van der Waals surface area contributed by atoms with E-state index >= 15 is 0 Å². The first kappa shape index (κ1) is 12.0. The number of pyridine rings is 2. The van der Waals surface area contributed by atoms with Gasteiger partial charge in [-0.25, -0.2) is 4.98 Å². The highest BCUT2D eigenvalue weighted by molar-refractivity contribution is 5.75. The zero-order valence-corrected chi connectivity index (χ0v) is 9.93. The molecule has 0 aliphatic carbocycles. The maximum Gasteiger partial charge on any atom is 0.252 e. The van der Waals surface area contributed by atoms with Gasteiger partial charge in [0.15, 0.2) is 6.29 Å². The summed E-state index contributed by atoms with van der Waals surface area (Å²) in [6.45, 7) is 2.25. The molecule has 0 amide bonds. The number of aromatic amines is 1. The molecule has 5 nitrogen and oxygen atoms in total. The molecule has 18 heavy (non-hydrogen) atoms. The highest BCUT2D eigenvalue weighted by atomic mass is 16.1. The van der Waals surface area contributed by atoms with E-state index in [2.05, 4.69) is 15.3 Å². The first-order chi connectivity index (χ1) is 8.70. The summed E-state index contributed by atoms with van der Waals surface area (Å²) in [4.78, 5) is 28.8. The number of nitrogens with one attached hydrogen (secondary N) is 2. The summed E-state index contributed by atoms with van der Waals surface area (Å²) in [5.41, 5.74) is 1.92. The van der Waals surface area contributed by atoms with Gasteiger partial charge in [-0.05, 0) is 24.6 Å². The fraction of sp³-hybridized carbons (Fsp3) is 0.154. The van der Waals surface area contributed by atoms with E-state index in [0.29, 0.717) is 23.5 Å². The second-order valence-corrected chi connectivity index (χ2v) is 3.93. The molecule has 92 valence electrons. The Kier molecular flexibility index (Phi) is 3.52. The number of hydrogen-bond acceptors (Lipinski definition) is 4. The van der Waals surface area contributed by atoms with E-state index in [1.807, 2.05) is 6.92 Å². The van der Waals surface area contributed by atoms with Gasteiger partial charge in [0.2, 0.25) is 0 Å². The third-order valence-electron chi connectivity index (χ3n) is 2.58. The lowest BCUT2D eigenvalue weighted by Gasteiger charge is -2.08. The van der Waals surface area contributed by atoms with Gasteiger partial charge < -0.3 is 10.3 Å². The molecule has 2 heterocycles. The minimum absolute atomic E-state index is 0.118. The topological polar surface area (TPSA) is 74.8 Å². The zero-order valence-electron chi connectivity index (χ0n) is 9.93. The summed E-state index contributed by atoms with van der Waals surface area (Å²) >= 11 is 0. The van der Waals surface area contributed by atoms with Crippen LogP contribution in [0, 0.1) is 6.92 Å². The second kappa shape index (κ2) is 5.27. The van der Waals surface area contributed by atoms with Gasteiger partial charge in [0.1, 0.15) is 5.82 Å². The molecule has 0 unspecified atom stereocenters. The largest absolute Gasteiger partial charge is 0.366 e. The van der Waals surface area contributed by atoms with Crippen molar-refractivity contribution in [2.45, 2.75) is 13.5 Å². The first-order valence-corrected chi connectivity index (χ1v) is 5.53. The molecule has 0 bridgehead atoms. The van der Waals surface area contributed by atoms with Gasteiger partial charge in [-0.2, -0.15) is 0 Å². The molecule has 0 fully saturated rings. The molecule has 0 aliphatic heterocycles. The van der Waals surface area contributed by atoms with Crippen molar-refractivity contribution >= 4 is 12.1 Å². The van der Waals surface area contributed by atoms with E-state index in [1.165, 1.54) is 6.20 Å². The molecule has 0 atom stereocenters. The molecule has 0 spiro atoms. The van der Waals surface area contributed by atoms with Crippen LogP contribution in [-0.4, -0.2) is 16.3 Å². The Hall–Kier alpha value is -2.43. The Labute approximate surface area is 104 Å². The highest BCUT2D eigenvalue weighted by Crippen LogP contribution is 2.12. The van der Waals surface area contributed by atoms with Crippen LogP contribution in [0.1, 0.15) is 21.5 Å². The lowest BCUT2D eigenvalue weighted by molar-refractivity contribution is 0.112. The molecule has 2 N–H and O–H groups in total. The number of carbonyl (C=O) groups is 1. The van der Waals surface area contributed by atoms with Crippen molar-refractivity contribution in [3.63, 3.8) is 0 Å². The van der Waals surface area contributed by atoms with Gasteiger partial charge in [0.25, 0.3) is 5.56 Å². The van der Waals surface area contributed by atoms with E-state index in [9.17, 15) is 9.59 Å². The average molecular weight is 243 g/mol. The van der Waals surface area contributed by atoms with Crippen LogP contribution in [0.5, 0.6) is 0 Å². The Morgan fingerprint density at radius 3 is 3.00 bits per heavy atom. The van der Waals surface area contributed by atoms with Crippen LogP contribution in [0.3, 0.4) is 0 Å². The number of rotatable bonds is 4. The molecular weight excluding hydrogens is 230 g/mol. The van der Waals surface area contributed by atoms with Crippen molar-refractivity contribution in [2.24, 2.45) is 0 Å². The van der Waals surface area contributed by atoms with Crippen LogP contribution in [0.15, 0.2) is 35.4 Å². The standard InChI is InChI=1S/C13H13N3O2/c1-9-5-10(8-17)6-15-12(9)16-7-11-3-2-4-14-13(11)18/h2-6,8H,7H2,1H3,(H,14,18)(H,15,16). The number of aryl methyl sites for hydroxylation is 1. The smallest absolute Gasteiger partial charge is 0.252 e. The average Bonchev–Trinajstić information content (AvgIpc) is 2.39. The Morgan fingerprint density at radius 1 is 1.50 bits per heavy atom. The van der Waals surface area contributed by atoms with Gasteiger partial charge in [-0.15, -0.1) is 0 Å². The molecule has 2 aromatic rings. The number of hydrogen-bond donors (Lipinski definition) is 2. The fourth-order valence-electron chi connectivity index (χ4n) is 1.62. The summed E-state index contributed by atoms with van der Waals surface area (Å²) in [7, 11) is 0. The molecule has 0 aliphatic rings. The number of anilines is 1. The highest BCUT2D eigenvalue weighted by Gasteiger charge is 2.03. The van der Waals surface area contributed by atoms with E-state index < -0.39 is 0 Å². The van der Waals surface area contributed by atoms with Crippen LogP contribution in [0.25, 0.3) is 0 Å². The van der Waals surface area contributed by atoms with Gasteiger partial charge in [-0.3, -0.25) is 9.59 Å². The van der Waals surface area contributed by atoms with E-state index in [0.717, 1.165) is 11.8 Å². The number of aromatic nitrogens is 2. The zero-order chi connectivity index (χ0) is 13.0. The van der Waals surface area contributed by atoms with Crippen molar-refractivity contribution in [3.8, 4) is 0 Å². The third-order valence-corrected chi connectivity index (χ3v) is 2.58. The molecule has 0 aromatic carbocycles. The fourth-order valence-corrected chi connectivity index (χ4v) is 1.62. The van der Waals surface area contributed by atoms with Crippen LogP contribution >= 0.6 is 0 Å². The minimum atomic E-state index is -0.118. The molecule has 0 radical (unpaired) electrons.